The molecule has 14 heavy (non-hydrogen) atoms. The third kappa shape index (κ3) is 3.07. The molecular weight excluding hydrogens is 219 g/mol. The molecule has 0 bridgehead atoms. The Morgan fingerprint density at radius 3 is 2.43 bits per heavy atom. The molecule has 0 saturated carbocycles. The molecule has 0 aromatic heterocycles. The molecule has 0 spiro atoms. The lowest BCUT2D eigenvalue weighted by Crippen LogP contribution is -2.42. The highest BCUT2D eigenvalue weighted by molar-refractivity contribution is 7.80. The van der Waals surface area contributed by atoms with Crippen LogP contribution in [-0.4, -0.2) is 37.1 Å². The number of rotatable bonds is 4. The number of thiocarbonyl (C=S) groups is 1. The molecule has 1 rings (SSSR count). The predicted octanol–water partition coefficient (Wildman–Crippen LogP) is 0.866. The van der Waals surface area contributed by atoms with Crippen molar-refractivity contribution in [1.29, 1.82) is 0 Å². The topological polar surface area (TPSA) is 44.5 Å². The van der Waals surface area contributed by atoms with Gasteiger partial charge in [-0.15, -0.1) is 0 Å². The third-order valence-corrected chi connectivity index (χ3v) is 2.13. The number of hydrogen-bond acceptors (Lipinski definition) is 3. The summed E-state index contributed by atoms with van der Waals surface area (Å²) in [6.07, 6.45) is -4.69. The minimum Gasteiger partial charge on any atom is -0.393 e. The first-order chi connectivity index (χ1) is 6.41. The van der Waals surface area contributed by atoms with Crippen molar-refractivity contribution >= 4 is 17.2 Å². The molecule has 0 aromatic rings. The van der Waals surface area contributed by atoms with Gasteiger partial charge in [0.1, 0.15) is 12.0 Å². The summed E-state index contributed by atoms with van der Waals surface area (Å²) < 4.78 is 46.5. The summed E-state index contributed by atoms with van der Waals surface area (Å²) in [5, 5.41) is 0. The maximum Gasteiger partial charge on any atom is 0.400 e. The van der Waals surface area contributed by atoms with Gasteiger partial charge in [-0.2, -0.15) is 13.2 Å². The summed E-state index contributed by atoms with van der Waals surface area (Å²) in [5.74, 6) is -1.86. The lowest BCUT2D eigenvalue weighted by Gasteiger charge is -2.28. The first kappa shape index (κ1) is 11.7. The number of ether oxygens (including phenoxy) is 2. The standard InChI is InChI=1S/C7H10F3NO2S/c8-7(9,10)5(6(11)14)3-13-4-1-12-2-4/h4-5H,1-3H2,(H2,11,14). The second-order valence-corrected chi connectivity index (χ2v) is 3.46. The smallest absolute Gasteiger partial charge is 0.393 e. The van der Waals surface area contributed by atoms with E-state index in [1.165, 1.54) is 0 Å². The molecule has 1 atom stereocenters. The zero-order chi connectivity index (χ0) is 10.8. The first-order valence-electron chi connectivity index (χ1n) is 3.96. The normalized spacial score (nSPS) is 20.2. The van der Waals surface area contributed by atoms with Gasteiger partial charge in [-0.25, -0.2) is 0 Å². The van der Waals surface area contributed by atoms with Crippen LogP contribution in [0.3, 0.4) is 0 Å². The Kier molecular flexibility index (Phi) is 3.68. The van der Waals surface area contributed by atoms with Crippen LogP contribution < -0.4 is 5.73 Å². The maximum absolute atomic E-state index is 12.3. The van der Waals surface area contributed by atoms with E-state index in [4.69, 9.17) is 15.2 Å². The van der Waals surface area contributed by atoms with Crippen LogP contribution in [0.15, 0.2) is 0 Å². The average Bonchev–Trinajstić information content (AvgIpc) is 1.90. The van der Waals surface area contributed by atoms with Gasteiger partial charge in [0.05, 0.1) is 24.8 Å². The lowest BCUT2D eigenvalue weighted by atomic mass is 10.1. The fourth-order valence-corrected chi connectivity index (χ4v) is 1.08. The van der Waals surface area contributed by atoms with E-state index >= 15 is 0 Å². The van der Waals surface area contributed by atoms with Crippen molar-refractivity contribution in [3.63, 3.8) is 0 Å². The van der Waals surface area contributed by atoms with Crippen LogP contribution in [0.5, 0.6) is 0 Å². The van der Waals surface area contributed by atoms with Crippen molar-refractivity contribution in [3.05, 3.63) is 0 Å². The van der Waals surface area contributed by atoms with Gasteiger partial charge in [0.2, 0.25) is 0 Å². The molecule has 0 radical (unpaired) electrons. The Balaban J connectivity index is 2.39. The van der Waals surface area contributed by atoms with Gasteiger partial charge < -0.3 is 15.2 Å². The van der Waals surface area contributed by atoms with E-state index in [9.17, 15) is 13.2 Å². The summed E-state index contributed by atoms with van der Waals surface area (Å²) in [4.78, 5) is -0.585. The molecule has 1 aliphatic heterocycles. The third-order valence-electron chi connectivity index (χ3n) is 1.84. The number of hydrogen-bond donors (Lipinski definition) is 1. The fourth-order valence-electron chi connectivity index (χ4n) is 0.881. The van der Waals surface area contributed by atoms with E-state index in [1.807, 2.05) is 0 Å². The maximum atomic E-state index is 12.3. The molecule has 1 aliphatic rings. The highest BCUT2D eigenvalue weighted by atomic mass is 32.1. The molecule has 0 amide bonds. The Morgan fingerprint density at radius 2 is 2.14 bits per heavy atom. The quantitative estimate of drug-likeness (QED) is 0.726. The second kappa shape index (κ2) is 4.41. The van der Waals surface area contributed by atoms with Crippen molar-refractivity contribution in [2.45, 2.75) is 12.3 Å². The molecular formula is C7H10F3NO2S. The van der Waals surface area contributed by atoms with Crippen LogP contribution in [0.25, 0.3) is 0 Å². The minimum atomic E-state index is -4.43. The molecule has 1 heterocycles. The Morgan fingerprint density at radius 1 is 1.57 bits per heavy atom. The number of alkyl halides is 3. The van der Waals surface area contributed by atoms with Crippen LogP contribution in [0.4, 0.5) is 13.2 Å². The van der Waals surface area contributed by atoms with E-state index in [0.29, 0.717) is 13.2 Å². The Labute approximate surface area is 84.3 Å². The van der Waals surface area contributed by atoms with Crippen LogP contribution in [0.2, 0.25) is 0 Å². The van der Waals surface area contributed by atoms with E-state index < -0.39 is 23.7 Å². The summed E-state index contributed by atoms with van der Waals surface area (Å²) >= 11 is 4.32. The Hall–Kier alpha value is -0.400. The van der Waals surface area contributed by atoms with Crippen LogP contribution in [0.1, 0.15) is 0 Å². The summed E-state index contributed by atoms with van der Waals surface area (Å²) in [7, 11) is 0. The molecule has 3 nitrogen and oxygen atoms in total. The zero-order valence-electron chi connectivity index (χ0n) is 7.21. The molecule has 7 heteroatoms. The van der Waals surface area contributed by atoms with Crippen molar-refractivity contribution in [1.82, 2.24) is 0 Å². The van der Waals surface area contributed by atoms with E-state index in [0.717, 1.165) is 0 Å². The van der Waals surface area contributed by atoms with Gasteiger partial charge in [0.25, 0.3) is 0 Å². The largest absolute Gasteiger partial charge is 0.400 e. The molecule has 0 aliphatic carbocycles. The number of nitrogens with two attached hydrogens (primary N) is 1. The lowest BCUT2D eigenvalue weighted by molar-refractivity contribution is -0.190. The van der Waals surface area contributed by atoms with E-state index in [1.54, 1.807) is 0 Å². The second-order valence-electron chi connectivity index (χ2n) is 2.99. The highest BCUT2D eigenvalue weighted by Crippen LogP contribution is 2.27. The zero-order valence-corrected chi connectivity index (χ0v) is 8.03. The SMILES string of the molecule is NC(=S)C(COC1COC1)C(F)(F)F. The molecule has 82 valence electrons. The number of halogens is 3. The van der Waals surface area contributed by atoms with Crippen molar-refractivity contribution in [2.75, 3.05) is 19.8 Å². The van der Waals surface area contributed by atoms with Crippen LogP contribution in [0, 0.1) is 5.92 Å². The molecule has 2 N–H and O–H groups in total. The van der Waals surface area contributed by atoms with Gasteiger partial charge in [-0.05, 0) is 0 Å². The molecule has 1 saturated heterocycles. The molecule has 1 unspecified atom stereocenters. The van der Waals surface area contributed by atoms with Gasteiger partial charge >= 0.3 is 6.18 Å². The fraction of sp³-hybridized carbons (Fsp3) is 0.857. The molecule has 1 fully saturated rings. The van der Waals surface area contributed by atoms with Crippen LogP contribution in [-0.2, 0) is 9.47 Å². The van der Waals surface area contributed by atoms with Crippen molar-refractivity contribution < 1.29 is 22.6 Å². The summed E-state index contributed by atoms with van der Waals surface area (Å²) in [5.41, 5.74) is 4.97. The van der Waals surface area contributed by atoms with E-state index in [2.05, 4.69) is 12.2 Å². The summed E-state index contributed by atoms with van der Waals surface area (Å²) in [6.45, 7) is 0.149. The Bertz CT molecular complexity index is 217. The van der Waals surface area contributed by atoms with Gasteiger partial charge in [-0.3, -0.25) is 0 Å². The highest BCUT2D eigenvalue weighted by Gasteiger charge is 2.42. The van der Waals surface area contributed by atoms with Crippen molar-refractivity contribution in [3.8, 4) is 0 Å². The van der Waals surface area contributed by atoms with Crippen molar-refractivity contribution in [2.24, 2.45) is 11.7 Å². The average molecular weight is 229 g/mol. The summed E-state index contributed by atoms with van der Waals surface area (Å²) in [6, 6.07) is 0. The molecule has 0 aromatic carbocycles. The first-order valence-corrected chi connectivity index (χ1v) is 4.37. The van der Waals surface area contributed by atoms with E-state index in [-0.39, 0.29) is 6.10 Å². The predicted molar refractivity (Wildman–Crippen MR) is 46.9 cm³/mol. The van der Waals surface area contributed by atoms with Gasteiger partial charge in [-0.1, -0.05) is 12.2 Å². The minimum absolute atomic E-state index is 0.255. The van der Waals surface area contributed by atoms with Gasteiger partial charge in [0, 0.05) is 0 Å². The monoisotopic (exact) mass is 229 g/mol. The van der Waals surface area contributed by atoms with Gasteiger partial charge in [0.15, 0.2) is 0 Å². The van der Waals surface area contributed by atoms with Crippen LogP contribution >= 0.6 is 12.2 Å².